The molecule has 3 aliphatic heterocycles. The lowest BCUT2D eigenvalue weighted by molar-refractivity contribution is -0.0472. The van der Waals surface area contributed by atoms with Gasteiger partial charge in [-0.25, -0.2) is 0 Å². The molecule has 4 nitrogen and oxygen atoms in total. The molecule has 2 bridgehead atoms. The summed E-state index contributed by atoms with van der Waals surface area (Å²) in [6, 6.07) is 7.79. The van der Waals surface area contributed by atoms with Gasteiger partial charge in [-0.2, -0.15) is 0 Å². The Labute approximate surface area is 142 Å². The van der Waals surface area contributed by atoms with E-state index >= 15 is 0 Å². The normalized spacial score (nSPS) is 30.2. The zero-order valence-corrected chi connectivity index (χ0v) is 14.1. The van der Waals surface area contributed by atoms with E-state index in [9.17, 15) is 5.11 Å². The number of ether oxygens (including phenoxy) is 1. The zero-order chi connectivity index (χ0) is 16.7. The Kier molecular flexibility index (Phi) is 4.02. The van der Waals surface area contributed by atoms with Crippen LogP contribution in [0.25, 0.3) is 10.9 Å². The van der Waals surface area contributed by atoms with Gasteiger partial charge in [0, 0.05) is 30.6 Å². The molecule has 3 fully saturated rings. The van der Waals surface area contributed by atoms with Crippen molar-refractivity contribution in [3.8, 4) is 5.75 Å². The van der Waals surface area contributed by atoms with Crippen molar-refractivity contribution in [1.82, 2.24) is 9.88 Å². The molecule has 0 radical (unpaired) electrons. The molecular weight excluding hydrogens is 300 g/mol. The van der Waals surface area contributed by atoms with Gasteiger partial charge in [0.15, 0.2) is 0 Å². The summed E-state index contributed by atoms with van der Waals surface area (Å²) in [4.78, 5) is 6.89. The standard InChI is InChI=1S/C20H24N2O2/c1-3-13-11-22-9-7-15(13)18(12-22)20(23)16-6-8-21-19-5-4-14(24-2)10-17(16)19/h3-6,8,10,13,15,18,20,23H,1,7,9,11-12H2,2H3/t13-,15-,18-,20+/m1/s1. The van der Waals surface area contributed by atoms with Crippen LogP contribution in [0.1, 0.15) is 18.1 Å². The highest BCUT2D eigenvalue weighted by molar-refractivity contribution is 5.83. The number of methoxy groups -OCH3 is 1. The second kappa shape index (κ2) is 6.19. The van der Waals surface area contributed by atoms with Crippen LogP contribution in [0.15, 0.2) is 43.1 Å². The van der Waals surface area contributed by atoms with Gasteiger partial charge in [-0.3, -0.25) is 4.98 Å². The summed E-state index contributed by atoms with van der Waals surface area (Å²) >= 11 is 0. The molecule has 1 aromatic heterocycles. The number of nitrogens with zero attached hydrogens (tertiary/aromatic N) is 2. The van der Waals surface area contributed by atoms with Crippen molar-refractivity contribution < 1.29 is 9.84 Å². The fourth-order valence-electron chi connectivity index (χ4n) is 4.55. The Hall–Kier alpha value is -1.91. The van der Waals surface area contributed by atoms with Gasteiger partial charge in [0.05, 0.1) is 18.7 Å². The Morgan fingerprint density at radius 2 is 2.25 bits per heavy atom. The van der Waals surface area contributed by atoms with Crippen LogP contribution in [0.4, 0.5) is 0 Å². The van der Waals surface area contributed by atoms with Gasteiger partial charge >= 0.3 is 0 Å². The maximum Gasteiger partial charge on any atom is 0.119 e. The van der Waals surface area contributed by atoms with Crippen molar-refractivity contribution in [3.05, 3.63) is 48.7 Å². The number of aliphatic hydroxyl groups is 1. The lowest BCUT2D eigenvalue weighted by atomic mass is 9.69. The van der Waals surface area contributed by atoms with Gasteiger partial charge in [0.25, 0.3) is 0 Å². The Morgan fingerprint density at radius 3 is 3.00 bits per heavy atom. The highest BCUT2D eigenvalue weighted by Gasteiger charge is 2.43. The minimum Gasteiger partial charge on any atom is -0.497 e. The van der Waals surface area contributed by atoms with E-state index in [2.05, 4.69) is 22.5 Å². The molecule has 4 heterocycles. The molecule has 0 spiro atoms. The first-order valence-corrected chi connectivity index (χ1v) is 8.67. The number of rotatable bonds is 4. The minimum absolute atomic E-state index is 0.243. The number of fused-ring (bicyclic) bond motifs is 4. The van der Waals surface area contributed by atoms with E-state index in [0.29, 0.717) is 11.8 Å². The molecule has 1 N–H and O–H groups in total. The van der Waals surface area contributed by atoms with Gasteiger partial charge in [-0.1, -0.05) is 6.08 Å². The molecule has 2 aromatic rings. The first-order chi connectivity index (χ1) is 11.7. The van der Waals surface area contributed by atoms with E-state index in [1.54, 1.807) is 13.3 Å². The van der Waals surface area contributed by atoms with Crippen LogP contribution in [-0.4, -0.2) is 41.7 Å². The SMILES string of the molecule is C=C[C@@H]1CN2CC[C@H]1[C@H]([C@@H](O)c1ccnc3ccc(OC)cc13)C2. The molecular formula is C20H24N2O2. The molecule has 126 valence electrons. The van der Waals surface area contributed by atoms with Crippen LogP contribution in [0.2, 0.25) is 0 Å². The fraction of sp³-hybridized carbons (Fsp3) is 0.450. The summed E-state index contributed by atoms with van der Waals surface area (Å²) in [5, 5.41) is 12.2. The molecule has 24 heavy (non-hydrogen) atoms. The van der Waals surface area contributed by atoms with Crippen molar-refractivity contribution in [1.29, 1.82) is 0 Å². The van der Waals surface area contributed by atoms with Crippen molar-refractivity contribution in [2.75, 3.05) is 26.7 Å². The summed E-state index contributed by atoms with van der Waals surface area (Å²) in [6.07, 6.45) is 4.52. The maximum atomic E-state index is 11.2. The predicted molar refractivity (Wildman–Crippen MR) is 95.0 cm³/mol. The average Bonchev–Trinajstić information content (AvgIpc) is 2.66. The van der Waals surface area contributed by atoms with Crippen LogP contribution in [-0.2, 0) is 0 Å². The van der Waals surface area contributed by atoms with E-state index in [4.69, 9.17) is 4.74 Å². The summed E-state index contributed by atoms with van der Waals surface area (Å²) in [6.45, 7) is 7.20. The van der Waals surface area contributed by atoms with E-state index in [-0.39, 0.29) is 5.92 Å². The third-order valence-electron chi connectivity index (χ3n) is 5.83. The number of hydrogen-bond donors (Lipinski definition) is 1. The number of pyridine rings is 1. The van der Waals surface area contributed by atoms with E-state index in [1.807, 2.05) is 24.3 Å². The molecule has 1 aromatic carbocycles. The third kappa shape index (κ3) is 2.50. The van der Waals surface area contributed by atoms with Crippen molar-refractivity contribution in [2.24, 2.45) is 17.8 Å². The maximum absolute atomic E-state index is 11.2. The molecule has 1 unspecified atom stereocenters. The number of hydrogen-bond acceptors (Lipinski definition) is 4. The van der Waals surface area contributed by atoms with Crippen LogP contribution in [0, 0.1) is 17.8 Å². The topological polar surface area (TPSA) is 45.6 Å². The molecule has 3 saturated heterocycles. The van der Waals surface area contributed by atoms with Gasteiger partial charge in [0.1, 0.15) is 5.75 Å². The minimum atomic E-state index is -0.488. The largest absolute Gasteiger partial charge is 0.497 e. The van der Waals surface area contributed by atoms with Crippen molar-refractivity contribution in [2.45, 2.75) is 12.5 Å². The number of benzene rings is 1. The van der Waals surface area contributed by atoms with Gasteiger partial charge < -0.3 is 14.7 Å². The predicted octanol–water partition coefficient (Wildman–Crippen LogP) is 3.03. The highest BCUT2D eigenvalue weighted by Crippen LogP contribution is 2.44. The Balaban J connectivity index is 1.73. The lowest BCUT2D eigenvalue weighted by Crippen LogP contribution is -2.53. The number of aromatic nitrogens is 1. The molecule has 5 atom stereocenters. The smallest absolute Gasteiger partial charge is 0.119 e. The third-order valence-corrected chi connectivity index (χ3v) is 5.83. The average molecular weight is 324 g/mol. The summed E-state index contributed by atoms with van der Waals surface area (Å²) in [7, 11) is 1.66. The second-order valence-corrected chi connectivity index (χ2v) is 7.00. The lowest BCUT2D eigenvalue weighted by Gasteiger charge is -2.50. The van der Waals surface area contributed by atoms with Crippen LogP contribution >= 0.6 is 0 Å². The molecule has 5 rings (SSSR count). The van der Waals surface area contributed by atoms with Gasteiger partial charge in [-0.05, 0) is 54.6 Å². The molecule has 0 amide bonds. The van der Waals surface area contributed by atoms with Crippen LogP contribution < -0.4 is 4.74 Å². The van der Waals surface area contributed by atoms with Crippen molar-refractivity contribution in [3.63, 3.8) is 0 Å². The Bertz CT molecular complexity index is 760. The molecule has 0 aliphatic carbocycles. The fourth-order valence-corrected chi connectivity index (χ4v) is 4.55. The van der Waals surface area contributed by atoms with E-state index < -0.39 is 6.10 Å². The Morgan fingerprint density at radius 1 is 1.38 bits per heavy atom. The first kappa shape index (κ1) is 15.6. The summed E-state index contributed by atoms with van der Waals surface area (Å²) in [5.41, 5.74) is 1.86. The van der Waals surface area contributed by atoms with Gasteiger partial charge in [0.2, 0.25) is 0 Å². The monoisotopic (exact) mass is 324 g/mol. The number of aliphatic hydroxyl groups excluding tert-OH is 1. The number of piperidine rings is 3. The molecule has 4 heteroatoms. The summed E-state index contributed by atoms with van der Waals surface area (Å²) < 4.78 is 5.36. The van der Waals surface area contributed by atoms with E-state index in [1.165, 1.54) is 0 Å². The van der Waals surface area contributed by atoms with Crippen molar-refractivity contribution >= 4 is 10.9 Å². The summed E-state index contributed by atoms with van der Waals surface area (Å²) in [5.74, 6) is 2.03. The quantitative estimate of drug-likeness (QED) is 0.878. The zero-order valence-electron chi connectivity index (χ0n) is 14.1. The highest BCUT2D eigenvalue weighted by atomic mass is 16.5. The van der Waals surface area contributed by atoms with E-state index in [0.717, 1.165) is 48.3 Å². The van der Waals surface area contributed by atoms with Gasteiger partial charge in [-0.15, -0.1) is 6.58 Å². The van der Waals surface area contributed by atoms with Crippen LogP contribution in [0.5, 0.6) is 5.75 Å². The van der Waals surface area contributed by atoms with Crippen LogP contribution in [0.3, 0.4) is 0 Å². The molecule has 3 aliphatic rings. The second-order valence-electron chi connectivity index (χ2n) is 7.00. The molecule has 0 saturated carbocycles. The first-order valence-electron chi connectivity index (χ1n) is 8.67.